The molecule has 0 aliphatic heterocycles. The average Bonchev–Trinajstić information content (AvgIpc) is 2.49. The van der Waals surface area contributed by atoms with Gasteiger partial charge < -0.3 is 0 Å². The number of halogens is 1. The van der Waals surface area contributed by atoms with Gasteiger partial charge in [0.05, 0.1) is 6.20 Å². The molecule has 0 saturated heterocycles. The minimum atomic E-state index is 0.583. The van der Waals surface area contributed by atoms with Crippen LogP contribution in [0.25, 0.3) is 22.6 Å². The fraction of sp³-hybridized carbons (Fsp3) is 0. The molecule has 0 saturated carbocycles. The summed E-state index contributed by atoms with van der Waals surface area (Å²) in [6, 6.07) is 11.1. The Morgan fingerprint density at radius 1 is 0.789 bits per heavy atom. The molecule has 0 atom stereocenters. The molecule has 0 N–H and O–H groups in total. The second-order valence-electron chi connectivity index (χ2n) is 3.91. The fourth-order valence-electron chi connectivity index (χ4n) is 1.66. The van der Waals surface area contributed by atoms with Crippen molar-refractivity contribution in [3.05, 3.63) is 60.0 Å². The molecular formula is C14H9ClN4. The molecule has 92 valence electrons. The van der Waals surface area contributed by atoms with E-state index in [9.17, 15) is 0 Å². The molecule has 2 aromatic heterocycles. The third kappa shape index (κ3) is 2.58. The summed E-state index contributed by atoms with van der Waals surface area (Å²) in [5.41, 5.74) is 2.55. The Kier molecular flexibility index (Phi) is 3.16. The highest BCUT2D eigenvalue weighted by Crippen LogP contribution is 2.19. The zero-order valence-corrected chi connectivity index (χ0v) is 10.6. The van der Waals surface area contributed by atoms with Crippen LogP contribution in [-0.2, 0) is 0 Å². The summed E-state index contributed by atoms with van der Waals surface area (Å²) in [4.78, 5) is 8.27. The Morgan fingerprint density at radius 2 is 1.53 bits per heavy atom. The van der Waals surface area contributed by atoms with E-state index in [0.29, 0.717) is 10.8 Å². The lowest BCUT2D eigenvalue weighted by atomic mass is 10.2. The maximum absolute atomic E-state index is 5.85. The van der Waals surface area contributed by atoms with Crippen LogP contribution in [0.15, 0.2) is 55.0 Å². The topological polar surface area (TPSA) is 51.6 Å². The first-order chi connectivity index (χ1) is 9.33. The zero-order valence-electron chi connectivity index (χ0n) is 9.86. The van der Waals surface area contributed by atoms with Crippen LogP contribution >= 0.6 is 11.6 Å². The number of hydrogen-bond donors (Lipinski definition) is 0. The van der Waals surface area contributed by atoms with Crippen molar-refractivity contribution in [2.75, 3.05) is 0 Å². The van der Waals surface area contributed by atoms with Crippen molar-refractivity contribution in [1.82, 2.24) is 20.2 Å². The van der Waals surface area contributed by atoms with E-state index in [4.69, 9.17) is 11.6 Å². The maximum Gasteiger partial charge on any atom is 0.181 e. The van der Waals surface area contributed by atoms with E-state index < -0.39 is 0 Å². The SMILES string of the molecule is Clc1ccc(-c2cnc(-c3ccncc3)nn2)cc1. The van der Waals surface area contributed by atoms with Crippen molar-refractivity contribution in [3.8, 4) is 22.6 Å². The van der Waals surface area contributed by atoms with Crippen molar-refractivity contribution in [2.24, 2.45) is 0 Å². The first-order valence-corrected chi connectivity index (χ1v) is 6.07. The van der Waals surface area contributed by atoms with Crippen molar-refractivity contribution in [3.63, 3.8) is 0 Å². The largest absolute Gasteiger partial charge is 0.265 e. The van der Waals surface area contributed by atoms with Gasteiger partial charge >= 0.3 is 0 Å². The van der Waals surface area contributed by atoms with Gasteiger partial charge in [-0.15, -0.1) is 10.2 Å². The van der Waals surface area contributed by atoms with Gasteiger partial charge in [-0.1, -0.05) is 23.7 Å². The summed E-state index contributed by atoms with van der Waals surface area (Å²) in [6.45, 7) is 0. The standard InChI is InChI=1S/C14H9ClN4/c15-12-3-1-10(2-4-12)13-9-17-14(19-18-13)11-5-7-16-8-6-11/h1-9H. The summed E-state index contributed by atoms with van der Waals surface area (Å²) >= 11 is 5.85. The van der Waals surface area contributed by atoms with Crippen LogP contribution in [0, 0.1) is 0 Å². The van der Waals surface area contributed by atoms with E-state index >= 15 is 0 Å². The molecule has 2 heterocycles. The average molecular weight is 269 g/mol. The lowest BCUT2D eigenvalue weighted by Gasteiger charge is -2.01. The summed E-state index contributed by atoms with van der Waals surface area (Å²) in [6.07, 6.45) is 5.10. The van der Waals surface area contributed by atoms with E-state index in [0.717, 1.165) is 16.8 Å². The summed E-state index contributed by atoms with van der Waals surface area (Å²) in [5.74, 6) is 0.583. The maximum atomic E-state index is 5.85. The highest BCUT2D eigenvalue weighted by molar-refractivity contribution is 6.30. The Hall–Kier alpha value is -2.33. The number of rotatable bonds is 2. The highest BCUT2D eigenvalue weighted by atomic mass is 35.5. The number of hydrogen-bond acceptors (Lipinski definition) is 4. The van der Waals surface area contributed by atoms with Gasteiger partial charge in [0.25, 0.3) is 0 Å². The predicted octanol–water partition coefficient (Wildman–Crippen LogP) is 3.25. The number of aromatic nitrogens is 4. The normalized spacial score (nSPS) is 10.4. The Labute approximate surface area is 115 Å². The molecule has 3 rings (SSSR count). The van der Waals surface area contributed by atoms with Crippen LogP contribution in [0.5, 0.6) is 0 Å². The minimum absolute atomic E-state index is 0.583. The van der Waals surface area contributed by atoms with Crippen molar-refractivity contribution in [1.29, 1.82) is 0 Å². The quantitative estimate of drug-likeness (QED) is 0.716. The molecule has 0 unspecified atom stereocenters. The zero-order chi connectivity index (χ0) is 13.1. The summed E-state index contributed by atoms with van der Waals surface area (Å²) in [5, 5.41) is 9.00. The molecule has 0 aliphatic carbocycles. The molecule has 0 fully saturated rings. The monoisotopic (exact) mass is 268 g/mol. The summed E-state index contributed by atoms with van der Waals surface area (Å²) in [7, 11) is 0. The Bertz CT molecular complexity index is 666. The van der Waals surface area contributed by atoms with E-state index in [1.165, 1.54) is 0 Å². The first-order valence-electron chi connectivity index (χ1n) is 5.69. The molecule has 3 aromatic rings. The van der Waals surface area contributed by atoms with Crippen LogP contribution in [0.3, 0.4) is 0 Å². The molecule has 1 aromatic carbocycles. The van der Waals surface area contributed by atoms with E-state index in [-0.39, 0.29) is 0 Å². The summed E-state index contributed by atoms with van der Waals surface area (Å²) < 4.78 is 0. The molecule has 5 heteroatoms. The fourth-order valence-corrected chi connectivity index (χ4v) is 1.79. The molecule has 4 nitrogen and oxygen atoms in total. The molecule has 19 heavy (non-hydrogen) atoms. The lowest BCUT2D eigenvalue weighted by Crippen LogP contribution is -1.94. The smallest absolute Gasteiger partial charge is 0.181 e. The van der Waals surface area contributed by atoms with Gasteiger partial charge in [0, 0.05) is 28.5 Å². The second kappa shape index (κ2) is 5.12. The molecule has 0 spiro atoms. The highest BCUT2D eigenvalue weighted by Gasteiger charge is 2.04. The first kappa shape index (κ1) is 11.7. The van der Waals surface area contributed by atoms with Crippen LogP contribution < -0.4 is 0 Å². The Balaban J connectivity index is 1.93. The molecule has 0 amide bonds. The molecule has 0 radical (unpaired) electrons. The third-order valence-corrected chi connectivity index (χ3v) is 2.89. The molecule has 0 aliphatic rings. The van der Waals surface area contributed by atoms with E-state index in [1.54, 1.807) is 18.6 Å². The van der Waals surface area contributed by atoms with Crippen molar-refractivity contribution < 1.29 is 0 Å². The van der Waals surface area contributed by atoms with Gasteiger partial charge in [-0.2, -0.15) is 0 Å². The van der Waals surface area contributed by atoms with Crippen LogP contribution in [0.1, 0.15) is 0 Å². The minimum Gasteiger partial charge on any atom is -0.265 e. The predicted molar refractivity (Wildman–Crippen MR) is 73.5 cm³/mol. The van der Waals surface area contributed by atoms with Crippen LogP contribution in [-0.4, -0.2) is 20.2 Å². The van der Waals surface area contributed by atoms with E-state index in [1.807, 2.05) is 36.4 Å². The van der Waals surface area contributed by atoms with Gasteiger partial charge in [-0.25, -0.2) is 4.98 Å². The van der Waals surface area contributed by atoms with Crippen molar-refractivity contribution >= 4 is 11.6 Å². The van der Waals surface area contributed by atoms with E-state index in [2.05, 4.69) is 20.2 Å². The van der Waals surface area contributed by atoms with Gasteiger partial charge in [0.2, 0.25) is 0 Å². The number of pyridine rings is 1. The third-order valence-electron chi connectivity index (χ3n) is 2.64. The van der Waals surface area contributed by atoms with Crippen LogP contribution in [0.2, 0.25) is 5.02 Å². The second-order valence-corrected chi connectivity index (χ2v) is 4.35. The lowest BCUT2D eigenvalue weighted by molar-refractivity contribution is 0.986. The molecular weight excluding hydrogens is 260 g/mol. The van der Waals surface area contributed by atoms with Gasteiger partial charge in [0.1, 0.15) is 5.69 Å². The van der Waals surface area contributed by atoms with Crippen LogP contribution in [0.4, 0.5) is 0 Å². The Morgan fingerprint density at radius 3 is 2.16 bits per heavy atom. The van der Waals surface area contributed by atoms with Crippen molar-refractivity contribution in [2.45, 2.75) is 0 Å². The number of nitrogens with zero attached hydrogens (tertiary/aromatic N) is 4. The molecule has 0 bridgehead atoms. The van der Waals surface area contributed by atoms with Gasteiger partial charge in [-0.05, 0) is 24.3 Å². The number of benzene rings is 1. The van der Waals surface area contributed by atoms with Gasteiger partial charge in [0.15, 0.2) is 5.82 Å². The van der Waals surface area contributed by atoms with Gasteiger partial charge in [-0.3, -0.25) is 4.98 Å².